The van der Waals surface area contributed by atoms with E-state index in [4.69, 9.17) is 6.57 Å². The standard InChI is InChI=1S/C70H48N4/c1-47-28-32-56(54-22-14-20-52(40-54)50-16-6-4-7-17-50)42-67(47)73(59-36-30-49(46-71)31-37-59)69-44-65-62-25-11-13-27-64(62)70(45-66(65)61-24-10-12-26-63(61)69)74(60-38-34-58(72-3)35-39-60)68-43-57(33-29-48(68)2)55-23-15-21-53(41-55)51-18-8-5-9-19-51/h4-45H,1-2H3. The molecule has 0 aliphatic heterocycles. The van der Waals surface area contributed by atoms with Crippen molar-refractivity contribution in [3.63, 3.8) is 0 Å². The fourth-order valence-corrected chi connectivity index (χ4v) is 10.5. The lowest BCUT2D eigenvalue weighted by Gasteiger charge is -2.31. The first-order valence-electron chi connectivity index (χ1n) is 24.9. The van der Waals surface area contributed by atoms with Crippen molar-refractivity contribution in [1.29, 1.82) is 5.26 Å². The zero-order chi connectivity index (χ0) is 50.1. The minimum Gasteiger partial charge on any atom is -0.310 e. The maximum absolute atomic E-state index is 9.95. The van der Waals surface area contributed by atoms with Gasteiger partial charge in [0.25, 0.3) is 0 Å². The fourth-order valence-electron chi connectivity index (χ4n) is 10.5. The molecule has 0 aromatic heterocycles. The van der Waals surface area contributed by atoms with E-state index in [0.717, 1.165) is 111 Å². The largest absolute Gasteiger partial charge is 0.310 e. The van der Waals surface area contributed by atoms with E-state index in [9.17, 15) is 5.26 Å². The highest BCUT2D eigenvalue weighted by Gasteiger charge is 2.24. The molecule has 0 saturated heterocycles. The summed E-state index contributed by atoms with van der Waals surface area (Å²) in [5.74, 6) is 0. The molecule has 0 aliphatic rings. The first-order chi connectivity index (χ1) is 36.4. The number of rotatable bonds is 10. The third-order valence-corrected chi connectivity index (χ3v) is 14.3. The average molecular weight is 945 g/mol. The summed E-state index contributed by atoms with van der Waals surface area (Å²) < 4.78 is 0. The summed E-state index contributed by atoms with van der Waals surface area (Å²) in [4.78, 5) is 8.53. The normalized spacial score (nSPS) is 11.1. The van der Waals surface area contributed by atoms with E-state index in [1.54, 1.807) is 0 Å². The van der Waals surface area contributed by atoms with E-state index in [0.29, 0.717) is 11.3 Å². The maximum atomic E-state index is 9.95. The Morgan fingerprint density at radius 3 is 1.11 bits per heavy atom. The van der Waals surface area contributed by atoms with Crippen LogP contribution in [0.5, 0.6) is 0 Å². The number of fused-ring (bicyclic) bond motifs is 5. The van der Waals surface area contributed by atoms with Crippen LogP contribution in [0.3, 0.4) is 0 Å². The molecule has 0 atom stereocenters. The van der Waals surface area contributed by atoms with Crippen molar-refractivity contribution < 1.29 is 0 Å². The molecular weight excluding hydrogens is 897 g/mol. The van der Waals surface area contributed by atoms with Crippen LogP contribution < -0.4 is 9.80 Å². The van der Waals surface area contributed by atoms with Gasteiger partial charge >= 0.3 is 0 Å². The topological polar surface area (TPSA) is 34.6 Å². The van der Waals surface area contributed by atoms with Gasteiger partial charge in [-0.1, -0.05) is 182 Å². The molecule has 0 spiro atoms. The van der Waals surface area contributed by atoms with Crippen LogP contribution >= 0.6 is 0 Å². The predicted octanol–water partition coefficient (Wildman–Crippen LogP) is 19.8. The van der Waals surface area contributed by atoms with Crippen LogP contribution in [0.2, 0.25) is 0 Å². The molecule has 4 heteroatoms. The Balaban J connectivity index is 1.08. The molecular formula is C70H48N4. The lowest BCUT2D eigenvalue weighted by molar-refractivity contribution is 1.26. The summed E-state index contributed by atoms with van der Waals surface area (Å²) in [6.45, 7) is 12.2. The number of hydrogen-bond acceptors (Lipinski definition) is 3. The monoisotopic (exact) mass is 944 g/mol. The summed E-state index contributed by atoms with van der Waals surface area (Å²) in [5.41, 5.74) is 18.6. The smallest absolute Gasteiger partial charge is 0.187 e. The molecule has 4 nitrogen and oxygen atoms in total. The molecule has 0 amide bonds. The maximum Gasteiger partial charge on any atom is 0.187 e. The molecule has 12 aromatic carbocycles. The molecule has 0 bridgehead atoms. The molecule has 0 radical (unpaired) electrons. The van der Waals surface area contributed by atoms with Gasteiger partial charge in [-0.3, -0.25) is 0 Å². The summed E-state index contributed by atoms with van der Waals surface area (Å²) >= 11 is 0. The van der Waals surface area contributed by atoms with Gasteiger partial charge in [-0.25, -0.2) is 4.85 Å². The third-order valence-electron chi connectivity index (χ3n) is 14.3. The molecule has 0 N–H and O–H groups in total. The molecule has 348 valence electrons. The summed E-state index contributed by atoms with van der Waals surface area (Å²) in [6, 6.07) is 92.5. The van der Waals surface area contributed by atoms with Gasteiger partial charge in [-0.15, -0.1) is 0 Å². The zero-order valence-electron chi connectivity index (χ0n) is 41.0. The van der Waals surface area contributed by atoms with Crippen molar-refractivity contribution in [3.8, 4) is 50.6 Å². The summed E-state index contributed by atoms with van der Waals surface area (Å²) in [6.07, 6.45) is 0. The minimum absolute atomic E-state index is 0.590. The Hall–Kier alpha value is -10.0. The highest BCUT2D eigenvalue weighted by atomic mass is 15.2. The fraction of sp³-hybridized carbons (Fsp3) is 0.0286. The molecule has 12 rings (SSSR count). The van der Waals surface area contributed by atoms with E-state index in [1.807, 2.05) is 24.3 Å². The highest BCUT2D eigenvalue weighted by Crippen LogP contribution is 2.49. The van der Waals surface area contributed by atoms with Gasteiger partial charge in [0.1, 0.15) is 0 Å². The summed E-state index contributed by atoms with van der Waals surface area (Å²) in [5, 5.41) is 16.6. The van der Waals surface area contributed by atoms with Gasteiger partial charge in [-0.05, 0) is 164 Å². The molecule has 0 unspecified atom stereocenters. The number of benzene rings is 12. The molecule has 0 fully saturated rings. The van der Waals surface area contributed by atoms with Crippen molar-refractivity contribution in [2.45, 2.75) is 13.8 Å². The minimum atomic E-state index is 0.590. The molecule has 0 heterocycles. The number of anilines is 6. The second-order valence-electron chi connectivity index (χ2n) is 18.8. The summed E-state index contributed by atoms with van der Waals surface area (Å²) in [7, 11) is 0. The van der Waals surface area contributed by atoms with Crippen LogP contribution in [0.4, 0.5) is 39.8 Å². The first-order valence-corrected chi connectivity index (χ1v) is 24.9. The Morgan fingerprint density at radius 2 is 0.689 bits per heavy atom. The van der Waals surface area contributed by atoms with Gasteiger partial charge in [0.05, 0.1) is 29.6 Å². The van der Waals surface area contributed by atoms with Crippen molar-refractivity contribution in [2.24, 2.45) is 0 Å². The van der Waals surface area contributed by atoms with E-state index >= 15 is 0 Å². The molecule has 0 saturated carbocycles. The van der Waals surface area contributed by atoms with Crippen LogP contribution in [-0.2, 0) is 0 Å². The highest BCUT2D eigenvalue weighted by molar-refractivity contribution is 6.24. The van der Waals surface area contributed by atoms with Gasteiger partial charge < -0.3 is 9.80 Å². The molecule has 74 heavy (non-hydrogen) atoms. The van der Waals surface area contributed by atoms with E-state index in [1.165, 1.54) is 11.1 Å². The SMILES string of the molecule is [C-]#[N+]c1ccc(N(c2cc(-c3cccc(-c4ccccc4)c3)ccc2C)c2cc3c4ccccc4c(N(c4ccc(C#N)cc4)c4cc(-c5cccc(-c6ccccc6)c5)ccc4C)cc3c3ccccc23)cc1. The van der Waals surface area contributed by atoms with E-state index < -0.39 is 0 Å². The molecule has 0 aliphatic carbocycles. The Kier molecular flexibility index (Phi) is 11.8. The second-order valence-corrected chi connectivity index (χ2v) is 18.8. The number of nitriles is 1. The van der Waals surface area contributed by atoms with E-state index in [-0.39, 0.29) is 0 Å². The van der Waals surface area contributed by atoms with E-state index in [2.05, 4.69) is 265 Å². The van der Waals surface area contributed by atoms with Gasteiger partial charge in [0.2, 0.25) is 0 Å². The van der Waals surface area contributed by atoms with Crippen LogP contribution in [0.25, 0.3) is 81.7 Å². The Labute approximate surface area is 432 Å². The average Bonchev–Trinajstić information content (AvgIpc) is 3.48. The lowest BCUT2D eigenvalue weighted by Crippen LogP contribution is -2.13. The van der Waals surface area contributed by atoms with Crippen LogP contribution in [0, 0.1) is 31.8 Å². The van der Waals surface area contributed by atoms with Crippen molar-refractivity contribution in [2.75, 3.05) is 9.80 Å². The Bertz CT molecular complexity index is 3890. The van der Waals surface area contributed by atoms with Crippen LogP contribution in [-0.4, -0.2) is 0 Å². The first kappa shape index (κ1) is 45.2. The van der Waals surface area contributed by atoms with Crippen LogP contribution in [0.1, 0.15) is 16.7 Å². The third kappa shape index (κ3) is 8.37. The van der Waals surface area contributed by atoms with Crippen LogP contribution in [0.15, 0.2) is 255 Å². The molecule has 12 aromatic rings. The second kappa shape index (κ2) is 19.3. The number of nitrogens with zero attached hydrogens (tertiary/aromatic N) is 4. The zero-order valence-corrected chi connectivity index (χ0v) is 41.0. The van der Waals surface area contributed by atoms with Gasteiger partial charge in [0, 0.05) is 33.5 Å². The Morgan fingerprint density at radius 1 is 0.324 bits per heavy atom. The number of hydrogen-bond donors (Lipinski definition) is 0. The van der Waals surface area contributed by atoms with Crippen molar-refractivity contribution in [1.82, 2.24) is 0 Å². The van der Waals surface area contributed by atoms with Crippen molar-refractivity contribution in [3.05, 3.63) is 283 Å². The number of aryl methyl sites for hydroxylation is 2. The van der Waals surface area contributed by atoms with Gasteiger partial charge in [-0.2, -0.15) is 5.26 Å². The van der Waals surface area contributed by atoms with Gasteiger partial charge in [0.15, 0.2) is 5.69 Å². The predicted molar refractivity (Wildman–Crippen MR) is 311 cm³/mol. The lowest BCUT2D eigenvalue weighted by atomic mass is 9.92. The van der Waals surface area contributed by atoms with Crippen molar-refractivity contribution >= 4 is 72.1 Å². The quantitative estimate of drug-likeness (QED) is 0.101.